The molecule has 0 aromatic carbocycles. The summed E-state index contributed by atoms with van der Waals surface area (Å²) in [7, 11) is 0. The fourth-order valence-corrected chi connectivity index (χ4v) is 6.00. The fourth-order valence-electron chi connectivity index (χ4n) is 3.94. The van der Waals surface area contributed by atoms with Gasteiger partial charge in [0.2, 0.25) is 5.91 Å². The van der Waals surface area contributed by atoms with Crippen LogP contribution in [0.2, 0.25) is 0 Å². The molecule has 1 aliphatic carbocycles. The lowest BCUT2D eigenvalue weighted by molar-refractivity contribution is -0.129. The number of likely N-dealkylation sites (tertiary alicyclic amines) is 1. The SMILES string of the molecule is CC1CC(O)CN1C(=O)CSCc1nc2sc3c(c2c(=O)[nH]1)CCCC3. The molecule has 6 nitrogen and oxygen atoms in total. The van der Waals surface area contributed by atoms with Gasteiger partial charge >= 0.3 is 0 Å². The molecule has 2 aliphatic rings. The highest BCUT2D eigenvalue weighted by molar-refractivity contribution is 7.99. The first-order chi connectivity index (χ1) is 12.5. The molecule has 2 atom stereocenters. The van der Waals surface area contributed by atoms with E-state index < -0.39 is 6.10 Å². The van der Waals surface area contributed by atoms with Crippen LogP contribution in [0.5, 0.6) is 0 Å². The molecule has 0 spiro atoms. The van der Waals surface area contributed by atoms with Gasteiger partial charge in [-0.15, -0.1) is 23.1 Å². The van der Waals surface area contributed by atoms with Gasteiger partial charge in [0.05, 0.1) is 23.0 Å². The zero-order valence-corrected chi connectivity index (χ0v) is 16.4. The predicted molar refractivity (Wildman–Crippen MR) is 105 cm³/mol. The van der Waals surface area contributed by atoms with E-state index in [1.807, 2.05) is 6.92 Å². The lowest BCUT2D eigenvalue weighted by atomic mass is 9.97. The summed E-state index contributed by atoms with van der Waals surface area (Å²) < 4.78 is 0. The lowest BCUT2D eigenvalue weighted by Gasteiger charge is -2.20. The Morgan fingerprint density at radius 3 is 3.00 bits per heavy atom. The molecule has 26 heavy (non-hydrogen) atoms. The number of H-pyrrole nitrogens is 1. The highest BCUT2D eigenvalue weighted by Gasteiger charge is 2.30. The van der Waals surface area contributed by atoms with Gasteiger partial charge in [-0.3, -0.25) is 9.59 Å². The van der Waals surface area contributed by atoms with Crippen LogP contribution in [0.25, 0.3) is 10.2 Å². The molecule has 0 saturated carbocycles. The maximum Gasteiger partial charge on any atom is 0.259 e. The van der Waals surface area contributed by atoms with Crippen molar-refractivity contribution in [2.75, 3.05) is 12.3 Å². The molecule has 2 unspecified atom stereocenters. The number of hydrogen-bond acceptors (Lipinski definition) is 6. The van der Waals surface area contributed by atoms with Gasteiger partial charge in [0.25, 0.3) is 5.56 Å². The predicted octanol–water partition coefficient (Wildman–Crippen LogP) is 2.08. The molecule has 1 amide bonds. The summed E-state index contributed by atoms with van der Waals surface area (Å²) in [6.07, 6.45) is 4.58. The van der Waals surface area contributed by atoms with E-state index in [4.69, 9.17) is 0 Å². The molecule has 1 saturated heterocycles. The third-order valence-corrected chi connectivity index (χ3v) is 7.33. The molecule has 1 aliphatic heterocycles. The van der Waals surface area contributed by atoms with Crippen molar-refractivity contribution in [3.8, 4) is 0 Å². The number of carbonyl (C=O) groups is 1. The van der Waals surface area contributed by atoms with Crippen LogP contribution in [0.3, 0.4) is 0 Å². The van der Waals surface area contributed by atoms with Crippen molar-refractivity contribution >= 4 is 39.2 Å². The second-order valence-electron chi connectivity index (χ2n) is 7.18. The molecule has 8 heteroatoms. The van der Waals surface area contributed by atoms with Crippen molar-refractivity contribution < 1.29 is 9.90 Å². The number of amides is 1. The second kappa shape index (κ2) is 7.32. The molecule has 0 radical (unpaired) electrons. The molecule has 0 bridgehead atoms. The van der Waals surface area contributed by atoms with Gasteiger partial charge in [0.15, 0.2) is 0 Å². The number of β-amino-alcohol motifs (C(OH)–C–C–N with tert-alkyl or cyclic N) is 1. The van der Waals surface area contributed by atoms with E-state index in [0.29, 0.717) is 30.3 Å². The number of aromatic amines is 1. The van der Waals surface area contributed by atoms with E-state index in [1.54, 1.807) is 16.2 Å². The number of rotatable bonds is 4. The third-order valence-electron chi connectivity index (χ3n) is 5.21. The van der Waals surface area contributed by atoms with E-state index in [-0.39, 0.29) is 17.5 Å². The van der Waals surface area contributed by atoms with Gasteiger partial charge in [0, 0.05) is 17.5 Å². The van der Waals surface area contributed by atoms with Gasteiger partial charge in [0.1, 0.15) is 10.7 Å². The van der Waals surface area contributed by atoms with E-state index >= 15 is 0 Å². The van der Waals surface area contributed by atoms with E-state index in [9.17, 15) is 14.7 Å². The fraction of sp³-hybridized carbons (Fsp3) is 0.611. The minimum absolute atomic E-state index is 0.0362. The van der Waals surface area contributed by atoms with Crippen LogP contribution in [-0.4, -0.2) is 50.3 Å². The molecule has 2 N–H and O–H groups in total. The molecule has 2 aromatic heterocycles. The zero-order valence-electron chi connectivity index (χ0n) is 14.8. The van der Waals surface area contributed by atoms with E-state index in [1.165, 1.54) is 28.6 Å². The number of aliphatic hydroxyl groups excluding tert-OH is 1. The Hall–Kier alpha value is -1.38. The summed E-state index contributed by atoms with van der Waals surface area (Å²) in [4.78, 5) is 36.2. The number of fused-ring (bicyclic) bond motifs is 3. The average Bonchev–Trinajstić information content (AvgIpc) is 3.14. The lowest BCUT2D eigenvalue weighted by Crippen LogP contribution is -2.35. The summed E-state index contributed by atoms with van der Waals surface area (Å²) in [6.45, 7) is 2.38. The number of hydrogen-bond donors (Lipinski definition) is 2. The summed E-state index contributed by atoms with van der Waals surface area (Å²) in [5.74, 6) is 1.51. The number of thioether (sulfide) groups is 1. The van der Waals surface area contributed by atoms with Crippen molar-refractivity contribution in [2.45, 2.75) is 56.9 Å². The van der Waals surface area contributed by atoms with Crippen LogP contribution in [0.1, 0.15) is 42.5 Å². The number of aliphatic hydroxyl groups is 1. The molecule has 4 rings (SSSR count). The Morgan fingerprint density at radius 2 is 2.23 bits per heavy atom. The smallest absolute Gasteiger partial charge is 0.259 e. The summed E-state index contributed by atoms with van der Waals surface area (Å²) in [5.41, 5.74) is 1.15. The highest BCUT2D eigenvalue weighted by Crippen LogP contribution is 2.33. The first kappa shape index (κ1) is 18.0. The van der Waals surface area contributed by atoms with Crippen LogP contribution in [0, 0.1) is 0 Å². The van der Waals surface area contributed by atoms with Crippen LogP contribution in [0.15, 0.2) is 4.79 Å². The van der Waals surface area contributed by atoms with Gasteiger partial charge in [-0.25, -0.2) is 4.98 Å². The maximum atomic E-state index is 12.5. The van der Waals surface area contributed by atoms with Crippen molar-refractivity contribution in [2.24, 2.45) is 0 Å². The maximum absolute atomic E-state index is 12.5. The standard InChI is InChI=1S/C18H23N3O3S2/c1-10-6-11(22)7-21(10)15(23)9-25-8-14-19-17(24)16-12-4-2-3-5-13(12)26-18(16)20-14/h10-11,22H,2-9H2,1H3,(H,19,20,24). The minimum Gasteiger partial charge on any atom is -0.391 e. The first-order valence-electron chi connectivity index (χ1n) is 9.11. The second-order valence-corrected chi connectivity index (χ2v) is 9.25. The van der Waals surface area contributed by atoms with Crippen molar-refractivity contribution in [3.05, 3.63) is 26.6 Å². The van der Waals surface area contributed by atoms with E-state index in [2.05, 4.69) is 9.97 Å². The molecular formula is C18H23N3O3S2. The largest absolute Gasteiger partial charge is 0.391 e. The Bertz CT molecular complexity index is 892. The normalized spacial score (nSPS) is 22.8. The average molecular weight is 394 g/mol. The molecule has 1 fully saturated rings. The van der Waals surface area contributed by atoms with Gasteiger partial charge < -0.3 is 15.0 Å². The molecule has 140 valence electrons. The molecular weight excluding hydrogens is 370 g/mol. The first-order valence-corrected chi connectivity index (χ1v) is 11.1. The highest BCUT2D eigenvalue weighted by atomic mass is 32.2. The minimum atomic E-state index is -0.413. The Kier molecular flexibility index (Phi) is 5.07. The zero-order chi connectivity index (χ0) is 18.3. The van der Waals surface area contributed by atoms with Gasteiger partial charge in [-0.2, -0.15) is 0 Å². The topological polar surface area (TPSA) is 86.3 Å². The van der Waals surface area contributed by atoms with Crippen molar-refractivity contribution in [1.29, 1.82) is 0 Å². The van der Waals surface area contributed by atoms with Gasteiger partial charge in [-0.05, 0) is 44.6 Å². The Morgan fingerprint density at radius 1 is 1.42 bits per heavy atom. The Balaban J connectivity index is 1.43. The number of aryl methyl sites for hydroxylation is 2. The summed E-state index contributed by atoms with van der Waals surface area (Å²) in [5, 5.41) is 10.4. The molecule has 3 heterocycles. The quantitative estimate of drug-likeness (QED) is 0.831. The van der Waals surface area contributed by atoms with Crippen LogP contribution >= 0.6 is 23.1 Å². The third kappa shape index (κ3) is 3.42. The number of aromatic nitrogens is 2. The van der Waals surface area contributed by atoms with Gasteiger partial charge in [-0.1, -0.05) is 0 Å². The number of thiophene rings is 1. The monoisotopic (exact) mass is 393 g/mol. The van der Waals surface area contributed by atoms with Crippen LogP contribution in [-0.2, 0) is 23.4 Å². The number of nitrogens with zero attached hydrogens (tertiary/aromatic N) is 2. The van der Waals surface area contributed by atoms with Crippen LogP contribution < -0.4 is 5.56 Å². The Labute approximate surface area is 160 Å². The van der Waals surface area contributed by atoms with E-state index in [0.717, 1.165) is 29.5 Å². The number of nitrogens with one attached hydrogen (secondary N) is 1. The van der Waals surface area contributed by atoms with Crippen molar-refractivity contribution in [3.63, 3.8) is 0 Å². The van der Waals surface area contributed by atoms with Crippen molar-refractivity contribution in [1.82, 2.24) is 14.9 Å². The van der Waals surface area contributed by atoms with Crippen LogP contribution in [0.4, 0.5) is 0 Å². The summed E-state index contributed by atoms with van der Waals surface area (Å²) in [6, 6.07) is 0.0878. The number of carbonyl (C=O) groups excluding carboxylic acids is 1. The molecule has 2 aromatic rings. The summed E-state index contributed by atoms with van der Waals surface area (Å²) >= 11 is 3.10.